The highest BCUT2D eigenvalue weighted by Crippen LogP contribution is 2.36. The van der Waals surface area contributed by atoms with Gasteiger partial charge in [-0.1, -0.05) is 12.1 Å². The molecule has 2 aromatic carbocycles. The van der Waals surface area contributed by atoms with Crippen LogP contribution in [0.3, 0.4) is 0 Å². The SMILES string of the molecule is CCOC(=O)c1cnn(CCCc2cc(OCC(O)(O)C(F)(F)F)cc(OC(O)(COc3cccc(CCl)c3)C(F)(F)F)c2)c1. The standard InChI is InChI=1S/C28H29ClF6N2O8/c1-2-42-24(38)20-14-36-37(15-20)8-4-6-18-9-22(43-16-25(39,40)27(30,31)32)12-23(10-18)45-26(41,28(33,34)35)17-44-21-7-3-5-19(11-21)13-29/h3,5,7,9-12,14-15,39-41H,2,4,6,8,13,16-17H2,1H3. The van der Waals surface area contributed by atoms with Crippen LogP contribution in [0.5, 0.6) is 17.2 Å². The van der Waals surface area contributed by atoms with E-state index in [4.69, 9.17) is 30.5 Å². The van der Waals surface area contributed by atoms with Crippen molar-refractivity contribution >= 4 is 17.6 Å². The van der Waals surface area contributed by atoms with E-state index in [0.717, 1.165) is 18.2 Å². The predicted molar refractivity (Wildman–Crippen MR) is 145 cm³/mol. The Kier molecular flexibility index (Phi) is 11.6. The third-order valence-corrected chi connectivity index (χ3v) is 6.36. The van der Waals surface area contributed by atoms with Crippen LogP contribution in [-0.2, 0) is 23.6 Å². The second-order valence-corrected chi connectivity index (χ2v) is 9.95. The number of aliphatic hydroxyl groups is 3. The molecule has 1 atom stereocenters. The Labute approximate surface area is 257 Å². The van der Waals surface area contributed by atoms with Gasteiger partial charge in [-0.15, -0.1) is 11.6 Å². The molecule has 0 saturated heterocycles. The van der Waals surface area contributed by atoms with E-state index in [1.165, 1.54) is 35.3 Å². The molecule has 0 fully saturated rings. The second-order valence-electron chi connectivity index (χ2n) is 9.69. The molecule has 1 aromatic heterocycles. The van der Waals surface area contributed by atoms with Gasteiger partial charge in [0.2, 0.25) is 0 Å². The molecule has 0 spiro atoms. The van der Waals surface area contributed by atoms with E-state index in [1.807, 2.05) is 0 Å². The van der Waals surface area contributed by atoms with Crippen LogP contribution in [0.1, 0.15) is 34.8 Å². The van der Waals surface area contributed by atoms with Crippen LogP contribution in [-0.4, -0.2) is 74.8 Å². The number of benzene rings is 2. The third kappa shape index (κ3) is 9.88. The number of halogens is 7. The highest BCUT2D eigenvalue weighted by molar-refractivity contribution is 6.17. The molecule has 3 aromatic rings. The summed E-state index contributed by atoms with van der Waals surface area (Å²) in [5.41, 5.74) is 0.885. The Bertz CT molecular complexity index is 1430. The van der Waals surface area contributed by atoms with Crippen molar-refractivity contribution in [1.82, 2.24) is 9.78 Å². The van der Waals surface area contributed by atoms with Crippen molar-refractivity contribution in [3.63, 3.8) is 0 Å². The fourth-order valence-electron chi connectivity index (χ4n) is 3.70. The molecule has 248 valence electrons. The van der Waals surface area contributed by atoms with E-state index in [2.05, 4.69) is 5.10 Å². The minimum absolute atomic E-state index is 0.0388. The zero-order valence-electron chi connectivity index (χ0n) is 23.6. The maximum absolute atomic E-state index is 14.0. The lowest BCUT2D eigenvalue weighted by Crippen LogP contribution is -2.54. The van der Waals surface area contributed by atoms with Crippen molar-refractivity contribution < 1.29 is 65.4 Å². The summed E-state index contributed by atoms with van der Waals surface area (Å²) in [5, 5.41) is 33.2. The quantitative estimate of drug-likeness (QED) is 0.0906. The van der Waals surface area contributed by atoms with Gasteiger partial charge in [0.25, 0.3) is 5.79 Å². The topological polar surface area (TPSA) is 132 Å². The van der Waals surface area contributed by atoms with Gasteiger partial charge < -0.3 is 34.3 Å². The first-order valence-corrected chi connectivity index (χ1v) is 13.7. The van der Waals surface area contributed by atoms with E-state index in [-0.39, 0.29) is 48.7 Å². The molecule has 17 heteroatoms. The number of carbonyl (C=O) groups excluding carboxylic acids is 1. The van der Waals surface area contributed by atoms with E-state index >= 15 is 0 Å². The summed E-state index contributed by atoms with van der Waals surface area (Å²) in [5.74, 6) is -10.0. The van der Waals surface area contributed by atoms with Gasteiger partial charge in [-0.05, 0) is 55.2 Å². The zero-order valence-corrected chi connectivity index (χ0v) is 24.3. The lowest BCUT2D eigenvalue weighted by Gasteiger charge is -2.31. The van der Waals surface area contributed by atoms with Crippen LogP contribution in [0, 0.1) is 0 Å². The number of carbonyl (C=O) groups is 1. The molecule has 45 heavy (non-hydrogen) atoms. The van der Waals surface area contributed by atoms with Crippen LogP contribution in [0.15, 0.2) is 54.9 Å². The molecule has 3 N–H and O–H groups in total. The van der Waals surface area contributed by atoms with Gasteiger partial charge in [0, 0.05) is 24.7 Å². The minimum Gasteiger partial charge on any atom is -0.487 e. The Balaban J connectivity index is 1.84. The zero-order chi connectivity index (χ0) is 33.5. The number of rotatable bonds is 15. The van der Waals surface area contributed by atoms with E-state index in [9.17, 15) is 46.5 Å². The Morgan fingerprint density at radius 3 is 2.22 bits per heavy atom. The summed E-state index contributed by atoms with van der Waals surface area (Å²) in [6.45, 7) is -1.19. The average molecular weight is 671 g/mol. The van der Waals surface area contributed by atoms with Crippen LogP contribution in [0.2, 0.25) is 0 Å². The van der Waals surface area contributed by atoms with Gasteiger partial charge in [0.15, 0.2) is 13.2 Å². The number of aryl methyl sites for hydroxylation is 2. The molecule has 1 unspecified atom stereocenters. The number of hydrogen-bond donors (Lipinski definition) is 3. The van der Waals surface area contributed by atoms with E-state index in [1.54, 1.807) is 13.0 Å². The lowest BCUT2D eigenvalue weighted by molar-refractivity contribution is -0.355. The fourth-order valence-corrected chi connectivity index (χ4v) is 3.86. The van der Waals surface area contributed by atoms with Crippen molar-refractivity contribution in [2.24, 2.45) is 0 Å². The molecule has 0 saturated carbocycles. The third-order valence-electron chi connectivity index (χ3n) is 6.05. The van der Waals surface area contributed by atoms with Crippen LogP contribution >= 0.6 is 11.6 Å². The summed E-state index contributed by atoms with van der Waals surface area (Å²) in [6.07, 6.45) is -7.92. The second kappa shape index (κ2) is 14.6. The maximum atomic E-state index is 14.0. The Morgan fingerprint density at radius 1 is 0.911 bits per heavy atom. The number of esters is 1. The van der Waals surface area contributed by atoms with Crippen molar-refractivity contribution in [3.05, 3.63) is 71.5 Å². The first kappa shape index (κ1) is 35.7. The lowest BCUT2D eigenvalue weighted by atomic mass is 10.1. The monoisotopic (exact) mass is 670 g/mol. The largest absolute Gasteiger partial charge is 0.487 e. The molecule has 0 bridgehead atoms. The number of ether oxygens (including phenoxy) is 4. The van der Waals surface area contributed by atoms with E-state index in [0.29, 0.717) is 5.56 Å². The van der Waals surface area contributed by atoms with Crippen molar-refractivity contribution in [3.8, 4) is 17.2 Å². The molecule has 1 heterocycles. The van der Waals surface area contributed by atoms with Gasteiger partial charge in [-0.3, -0.25) is 4.68 Å². The van der Waals surface area contributed by atoms with Gasteiger partial charge in [0.1, 0.15) is 17.2 Å². The number of nitrogens with zero attached hydrogens (tertiary/aromatic N) is 2. The number of hydrogen-bond acceptors (Lipinski definition) is 9. The van der Waals surface area contributed by atoms with Crippen LogP contribution in [0.4, 0.5) is 26.3 Å². The Hall–Kier alpha value is -3.73. The van der Waals surface area contributed by atoms with Crippen molar-refractivity contribution in [2.45, 2.75) is 56.1 Å². The van der Waals surface area contributed by atoms with Crippen molar-refractivity contribution in [2.75, 3.05) is 19.8 Å². The van der Waals surface area contributed by atoms with Crippen molar-refractivity contribution in [1.29, 1.82) is 0 Å². The predicted octanol–water partition coefficient (Wildman–Crippen LogP) is 4.76. The molecule has 0 aliphatic rings. The highest BCUT2D eigenvalue weighted by atomic mass is 35.5. The fraction of sp³-hybridized carbons (Fsp3) is 0.429. The maximum Gasteiger partial charge on any atom is 0.459 e. The molecular weight excluding hydrogens is 642 g/mol. The highest BCUT2D eigenvalue weighted by Gasteiger charge is 2.58. The van der Waals surface area contributed by atoms with Gasteiger partial charge in [-0.25, -0.2) is 4.79 Å². The van der Waals surface area contributed by atoms with Crippen LogP contribution in [0.25, 0.3) is 0 Å². The summed E-state index contributed by atoms with van der Waals surface area (Å²) >= 11 is 5.73. The summed E-state index contributed by atoms with van der Waals surface area (Å²) < 4.78 is 102. The summed E-state index contributed by atoms with van der Waals surface area (Å²) in [6, 6.07) is 8.70. The summed E-state index contributed by atoms with van der Waals surface area (Å²) in [7, 11) is 0. The first-order valence-electron chi connectivity index (χ1n) is 13.2. The summed E-state index contributed by atoms with van der Waals surface area (Å²) in [4.78, 5) is 11.8. The molecular formula is C28H29ClF6N2O8. The smallest absolute Gasteiger partial charge is 0.459 e. The van der Waals surface area contributed by atoms with E-state index < -0.39 is 54.6 Å². The normalized spacial score (nSPS) is 13.7. The molecule has 0 radical (unpaired) electrons. The van der Waals surface area contributed by atoms with Gasteiger partial charge in [-0.2, -0.15) is 31.4 Å². The Morgan fingerprint density at radius 2 is 1.58 bits per heavy atom. The average Bonchev–Trinajstić information content (AvgIpc) is 3.43. The molecule has 10 nitrogen and oxygen atoms in total. The van der Waals surface area contributed by atoms with Gasteiger partial charge in [0.05, 0.1) is 18.4 Å². The number of aromatic nitrogens is 2. The molecule has 0 aliphatic heterocycles. The number of alkyl halides is 7. The molecule has 3 rings (SSSR count). The van der Waals surface area contributed by atoms with Crippen LogP contribution < -0.4 is 14.2 Å². The van der Waals surface area contributed by atoms with Gasteiger partial charge >= 0.3 is 24.1 Å². The minimum atomic E-state index is -5.51. The first-order chi connectivity index (χ1) is 21.0. The molecule has 0 amide bonds. The molecule has 0 aliphatic carbocycles.